The molecule has 5 nitrogen and oxygen atoms in total. The first-order chi connectivity index (χ1) is 9.07. The fourth-order valence-electron chi connectivity index (χ4n) is 2.44. The zero-order valence-corrected chi connectivity index (χ0v) is 12.0. The van der Waals surface area contributed by atoms with Crippen molar-refractivity contribution in [1.82, 2.24) is 5.32 Å². The zero-order chi connectivity index (χ0) is 13.9. The topological polar surface area (TPSA) is 87.7 Å². The molecule has 0 bridgehead atoms. The van der Waals surface area contributed by atoms with E-state index in [-0.39, 0.29) is 11.7 Å². The van der Waals surface area contributed by atoms with E-state index < -0.39 is 5.54 Å². The number of hydrogen-bond donors (Lipinski definition) is 3. The molecule has 1 aliphatic rings. The molecule has 0 atom stereocenters. The summed E-state index contributed by atoms with van der Waals surface area (Å²) < 4.78 is 0.837. The molecule has 0 unspecified atom stereocenters. The monoisotopic (exact) mass is 325 g/mol. The van der Waals surface area contributed by atoms with E-state index in [1.165, 1.54) is 0 Å². The lowest BCUT2D eigenvalue weighted by molar-refractivity contribution is 0.0922. The van der Waals surface area contributed by atoms with Gasteiger partial charge in [0.05, 0.1) is 0 Å². The second-order valence-corrected chi connectivity index (χ2v) is 5.65. The second kappa shape index (κ2) is 5.61. The van der Waals surface area contributed by atoms with E-state index in [4.69, 9.17) is 10.9 Å². The minimum absolute atomic E-state index is 0.0772. The van der Waals surface area contributed by atoms with Crippen molar-refractivity contribution < 1.29 is 10.0 Å². The molecule has 0 spiro atoms. The summed E-state index contributed by atoms with van der Waals surface area (Å²) in [4.78, 5) is 12.3. The number of rotatable bonds is 3. The lowest BCUT2D eigenvalue weighted by Crippen LogP contribution is -2.55. The zero-order valence-electron chi connectivity index (χ0n) is 10.4. The standard InChI is InChI=1S/C13H16BrN3O2/c14-10-5-3-4-9(8-10)11(18)16-13(12(15)17-19)6-1-2-7-13/h3-5,8,19H,1-2,6-7H2,(H2,15,17)(H,16,18). The highest BCUT2D eigenvalue weighted by molar-refractivity contribution is 9.10. The van der Waals surface area contributed by atoms with Crippen molar-refractivity contribution in [3.8, 4) is 0 Å². The third-order valence-electron chi connectivity index (χ3n) is 3.49. The van der Waals surface area contributed by atoms with Gasteiger partial charge in [-0.1, -0.05) is 40.0 Å². The number of halogens is 1. The van der Waals surface area contributed by atoms with Crippen molar-refractivity contribution in [3.63, 3.8) is 0 Å². The van der Waals surface area contributed by atoms with Crippen LogP contribution in [-0.4, -0.2) is 22.5 Å². The number of oxime groups is 1. The second-order valence-electron chi connectivity index (χ2n) is 4.74. The number of benzene rings is 1. The van der Waals surface area contributed by atoms with Crippen molar-refractivity contribution in [2.45, 2.75) is 31.2 Å². The maximum atomic E-state index is 12.3. The SMILES string of the molecule is N/C(=N/O)C1(NC(=O)c2cccc(Br)c2)CCCC1. The van der Waals surface area contributed by atoms with Crippen LogP contribution >= 0.6 is 15.9 Å². The lowest BCUT2D eigenvalue weighted by atomic mass is 9.95. The molecule has 0 aliphatic heterocycles. The van der Waals surface area contributed by atoms with Crippen molar-refractivity contribution in [3.05, 3.63) is 34.3 Å². The van der Waals surface area contributed by atoms with Crippen molar-refractivity contribution in [2.75, 3.05) is 0 Å². The molecule has 6 heteroatoms. The molecule has 1 aliphatic carbocycles. The fourth-order valence-corrected chi connectivity index (χ4v) is 2.84. The molecule has 0 saturated heterocycles. The van der Waals surface area contributed by atoms with Gasteiger partial charge in [-0.15, -0.1) is 0 Å². The summed E-state index contributed by atoms with van der Waals surface area (Å²) in [6.45, 7) is 0. The minimum atomic E-state index is -0.714. The molecule has 1 saturated carbocycles. The molecule has 0 heterocycles. The summed E-state index contributed by atoms with van der Waals surface area (Å²) in [6.07, 6.45) is 3.30. The molecule has 4 N–H and O–H groups in total. The third kappa shape index (κ3) is 2.89. The molecule has 102 valence electrons. The molecule has 19 heavy (non-hydrogen) atoms. The van der Waals surface area contributed by atoms with Crippen molar-refractivity contribution >= 4 is 27.7 Å². The summed E-state index contributed by atoms with van der Waals surface area (Å²) >= 11 is 3.33. The number of nitrogens with two attached hydrogens (primary N) is 1. The summed E-state index contributed by atoms with van der Waals surface area (Å²) in [5.74, 6) is -0.136. The van der Waals surface area contributed by atoms with Crippen LogP contribution in [0.4, 0.5) is 0 Å². The lowest BCUT2D eigenvalue weighted by Gasteiger charge is -2.28. The van der Waals surface area contributed by atoms with Crippen LogP contribution < -0.4 is 11.1 Å². The average molecular weight is 326 g/mol. The molecule has 1 amide bonds. The number of amidine groups is 1. The number of amides is 1. The van der Waals surface area contributed by atoms with Crippen LogP contribution in [0.1, 0.15) is 36.0 Å². The average Bonchev–Trinajstić information content (AvgIpc) is 2.87. The van der Waals surface area contributed by atoms with Gasteiger partial charge in [0.25, 0.3) is 5.91 Å². The first-order valence-electron chi connectivity index (χ1n) is 6.13. The summed E-state index contributed by atoms with van der Waals surface area (Å²) in [6, 6.07) is 7.12. The molecule has 0 aromatic heterocycles. The number of carbonyl (C=O) groups is 1. The van der Waals surface area contributed by atoms with E-state index in [1.807, 2.05) is 6.07 Å². The Kier molecular flexibility index (Phi) is 4.09. The number of nitrogens with one attached hydrogen (secondary N) is 1. The van der Waals surface area contributed by atoms with E-state index in [0.29, 0.717) is 18.4 Å². The van der Waals surface area contributed by atoms with Gasteiger partial charge < -0.3 is 16.3 Å². The Morgan fingerprint density at radius 2 is 2.11 bits per heavy atom. The molecule has 1 aromatic rings. The Balaban J connectivity index is 2.21. The van der Waals surface area contributed by atoms with E-state index in [1.54, 1.807) is 18.2 Å². The largest absolute Gasteiger partial charge is 0.409 e. The maximum Gasteiger partial charge on any atom is 0.252 e. The maximum absolute atomic E-state index is 12.3. The van der Waals surface area contributed by atoms with E-state index in [2.05, 4.69) is 26.4 Å². The van der Waals surface area contributed by atoms with E-state index in [0.717, 1.165) is 17.3 Å². The first kappa shape index (κ1) is 13.9. The number of nitrogens with zero attached hydrogens (tertiary/aromatic N) is 1. The van der Waals surface area contributed by atoms with Gasteiger partial charge >= 0.3 is 0 Å². The van der Waals surface area contributed by atoms with E-state index in [9.17, 15) is 4.79 Å². The molecular weight excluding hydrogens is 310 g/mol. The van der Waals surface area contributed by atoms with Gasteiger partial charge in [0.15, 0.2) is 5.84 Å². The van der Waals surface area contributed by atoms with Crippen molar-refractivity contribution in [1.29, 1.82) is 0 Å². The Labute approximate surface area is 120 Å². The van der Waals surface area contributed by atoms with Gasteiger partial charge in [-0.3, -0.25) is 4.79 Å². The Morgan fingerprint density at radius 3 is 2.68 bits per heavy atom. The molecule has 1 aromatic carbocycles. The third-order valence-corrected chi connectivity index (χ3v) is 3.99. The Hall–Kier alpha value is -1.56. The van der Waals surface area contributed by atoms with Gasteiger partial charge in [0.2, 0.25) is 0 Å². The van der Waals surface area contributed by atoms with Crippen LogP contribution in [0.15, 0.2) is 33.9 Å². The molecule has 0 radical (unpaired) electrons. The van der Waals surface area contributed by atoms with Gasteiger partial charge in [-0.05, 0) is 31.0 Å². The quantitative estimate of drug-likeness (QED) is 0.344. The fraction of sp³-hybridized carbons (Fsp3) is 0.385. The van der Waals surface area contributed by atoms with Gasteiger partial charge in [-0.2, -0.15) is 0 Å². The number of hydrogen-bond acceptors (Lipinski definition) is 3. The highest BCUT2D eigenvalue weighted by Crippen LogP contribution is 2.30. The van der Waals surface area contributed by atoms with Crippen LogP contribution in [0.25, 0.3) is 0 Å². The van der Waals surface area contributed by atoms with Crippen LogP contribution in [0.3, 0.4) is 0 Å². The predicted molar refractivity (Wildman–Crippen MR) is 76.2 cm³/mol. The molecular formula is C13H16BrN3O2. The van der Waals surface area contributed by atoms with Gasteiger partial charge in [0.1, 0.15) is 5.54 Å². The van der Waals surface area contributed by atoms with Crippen LogP contribution in [0.5, 0.6) is 0 Å². The molecule has 1 fully saturated rings. The van der Waals surface area contributed by atoms with Crippen LogP contribution in [-0.2, 0) is 0 Å². The molecule has 2 rings (SSSR count). The highest BCUT2D eigenvalue weighted by atomic mass is 79.9. The van der Waals surface area contributed by atoms with Crippen LogP contribution in [0, 0.1) is 0 Å². The first-order valence-corrected chi connectivity index (χ1v) is 6.93. The normalized spacial score (nSPS) is 18.3. The number of carbonyl (C=O) groups excluding carboxylic acids is 1. The Bertz CT molecular complexity index is 510. The van der Waals surface area contributed by atoms with Gasteiger partial charge in [-0.25, -0.2) is 0 Å². The summed E-state index contributed by atoms with van der Waals surface area (Å²) in [5.41, 5.74) is 5.58. The Morgan fingerprint density at radius 1 is 1.42 bits per heavy atom. The van der Waals surface area contributed by atoms with Crippen LogP contribution in [0.2, 0.25) is 0 Å². The van der Waals surface area contributed by atoms with Crippen molar-refractivity contribution in [2.24, 2.45) is 10.9 Å². The highest BCUT2D eigenvalue weighted by Gasteiger charge is 2.39. The predicted octanol–water partition coefficient (Wildman–Crippen LogP) is 2.24. The van der Waals surface area contributed by atoms with Gasteiger partial charge in [0, 0.05) is 10.0 Å². The summed E-state index contributed by atoms with van der Waals surface area (Å²) in [7, 11) is 0. The van der Waals surface area contributed by atoms with E-state index >= 15 is 0 Å². The summed E-state index contributed by atoms with van der Waals surface area (Å²) in [5, 5.41) is 14.9. The minimum Gasteiger partial charge on any atom is -0.409 e. The smallest absolute Gasteiger partial charge is 0.252 e.